The van der Waals surface area contributed by atoms with Gasteiger partial charge >= 0.3 is 0 Å². The highest BCUT2D eigenvalue weighted by atomic mass is 35.5. The molecule has 0 aliphatic carbocycles. The number of rotatable bonds is 4. The summed E-state index contributed by atoms with van der Waals surface area (Å²) in [6.07, 6.45) is 1.26. The van der Waals surface area contributed by atoms with E-state index in [1.165, 1.54) is 12.1 Å². The number of amides is 1. The normalized spacial score (nSPS) is 16.7. The SMILES string of the molecule is CN(Cc1ccc(F)cc1Cl)C(=O)C1(CN)CCOCC1.Cl. The first-order valence-electron chi connectivity index (χ1n) is 6.96. The molecule has 0 atom stereocenters. The van der Waals surface area contributed by atoms with E-state index in [1.807, 2.05) is 0 Å². The molecule has 0 unspecified atom stereocenters. The molecule has 124 valence electrons. The van der Waals surface area contributed by atoms with E-state index < -0.39 is 5.41 Å². The zero-order chi connectivity index (χ0) is 15.5. The molecule has 4 nitrogen and oxygen atoms in total. The van der Waals surface area contributed by atoms with E-state index in [0.717, 1.165) is 0 Å². The van der Waals surface area contributed by atoms with Crippen molar-refractivity contribution < 1.29 is 13.9 Å². The molecule has 1 aromatic rings. The highest BCUT2D eigenvalue weighted by Crippen LogP contribution is 2.32. The zero-order valence-corrected chi connectivity index (χ0v) is 14.1. The molecule has 1 amide bonds. The number of hydrogen-bond donors (Lipinski definition) is 1. The van der Waals surface area contributed by atoms with Gasteiger partial charge in [0.25, 0.3) is 0 Å². The maximum Gasteiger partial charge on any atom is 0.230 e. The fourth-order valence-electron chi connectivity index (χ4n) is 2.65. The van der Waals surface area contributed by atoms with Crippen LogP contribution < -0.4 is 5.73 Å². The van der Waals surface area contributed by atoms with Crippen molar-refractivity contribution in [1.82, 2.24) is 4.90 Å². The number of benzene rings is 1. The molecule has 22 heavy (non-hydrogen) atoms. The Morgan fingerprint density at radius 1 is 1.45 bits per heavy atom. The molecule has 0 radical (unpaired) electrons. The molecule has 7 heteroatoms. The highest BCUT2D eigenvalue weighted by Gasteiger charge is 2.40. The van der Waals surface area contributed by atoms with Crippen LogP contribution >= 0.6 is 24.0 Å². The second-order valence-electron chi connectivity index (χ2n) is 5.49. The lowest BCUT2D eigenvalue weighted by atomic mass is 9.79. The minimum Gasteiger partial charge on any atom is -0.381 e. The molecule has 1 heterocycles. The van der Waals surface area contributed by atoms with Gasteiger partial charge in [-0.15, -0.1) is 12.4 Å². The Labute approximate surface area is 141 Å². The number of carbonyl (C=O) groups excluding carboxylic acids is 1. The third-order valence-corrected chi connectivity index (χ3v) is 4.42. The van der Waals surface area contributed by atoms with E-state index in [1.54, 1.807) is 18.0 Å². The Balaban J connectivity index is 0.00000242. The van der Waals surface area contributed by atoms with E-state index in [9.17, 15) is 9.18 Å². The van der Waals surface area contributed by atoms with Gasteiger partial charge in [0.05, 0.1) is 5.41 Å². The molecule has 1 saturated heterocycles. The van der Waals surface area contributed by atoms with E-state index >= 15 is 0 Å². The van der Waals surface area contributed by atoms with Gasteiger partial charge in [0.2, 0.25) is 5.91 Å². The standard InChI is InChI=1S/C15H20ClFN2O2.ClH/c1-19(9-11-2-3-12(17)8-13(11)16)14(20)15(10-18)4-6-21-7-5-15;/h2-3,8H,4-7,9-10,18H2,1H3;1H. The van der Waals surface area contributed by atoms with Crippen molar-refractivity contribution in [3.05, 3.63) is 34.6 Å². The van der Waals surface area contributed by atoms with Crippen LogP contribution in [0, 0.1) is 11.2 Å². The Morgan fingerprint density at radius 3 is 2.64 bits per heavy atom. The Morgan fingerprint density at radius 2 is 2.09 bits per heavy atom. The third-order valence-electron chi connectivity index (χ3n) is 4.06. The highest BCUT2D eigenvalue weighted by molar-refractivity contribution is 6.31. The average molecular weight is 351 g/mol. The third kappa shape index (κ3) is 4.10. The minimum atomic E-state index is -0.556. The smallest absolute Gasteiger partial charge is 0.230 e. The van der Waals surface area contributed by atoms with Crippen LogP contribution in [-0.2, 0) is 16.1 Å². The van der Waals surface area contributed by atoms with Crippen molar-refractivity contribution >= 4 is 29.9 Å². The zero-order valence-electron chi connectivity index (χ0n) is 12.5. The fourth-order valence-corrected chi connectivity index (χ4v) is 2.88. The summed E-state index contributed by atoms with van der Waals surface area (Å²) < 4.78 is 18.4. The average Bonchev–Trinajstić information content (AvgIpc) is 2.50. The summed E-state index contributed by atoms with van der Waals surface area (Å²) in [7, 11) is 1.72. The van der Waals surface area contributed by atoms with Crippen LogP contribution in [0.15, 0.2) is 18.2 Å². The first-order valence-corrected chi connectivity index (χ1v) is 7.33. The lowest BCUT2D eigenvalue weighted by molar-refractivity contribution is -0.146. The topological polar surface area (TPSA) is 55.6 Å². The molecule has 2 N–H and O–H groups in total. The summed E-state index contributed by atoms with van der Waals surface area (Å²) in [5.41, 5.74) is 6.00. The molecule has 0 aromatic heterocycles. The summed E-state index contributed by atoms with van der Waals surface area (Å²) in [4.78, 5) is 14.3. The number of halogens is 3. The predicted molar refractivity (Wildman–Crippen MR) is 86.7 cm³/mol. The number of hydrogen-bond acceptors (Lipinski definition) is 3. The second kappa shape index (κ2) is 8.11. The van der Waals surface area contributed by atoms with Crippen molar-refractivity contribution in [2.24, 2.45) is 11.1 Å². The van der Waals surface area contributed by atoms with Gasteiger partial charge in [-0.25, -0.2) is 4.39 Å². The molecule has 1 aliphatic heterocycles. The molecule has 1 fully saturated rings. The van der Waals surface area contributed by atoms with Crippen LogP contribution in [0.2, 0.25) is 5.02 Å². The van der Waals surface area contributed by atoms with Crippen molar-refractivity contribution in [2.45, 2.75) is 19.4 Å². The summed E-state index contributed by atoms with van der Waals surface area (Å²) in [5.74, 6) is -0.394. The van der Waals surface area contributed by atoms with E-state index in [4.69, 9.17) is 22.1 Å². The number of ether oxygens (including phenoxy) is 1. The van der Waals surface area contributed by atoms with Crippen LogP contribution in [0.5, 0.6) is 0 Å². The Hall–Kier alpha value is -0.880. The van der Waals surface area contributed by atoms with Crippen LogP contribution in [-0.4, -0.2) is 37.6 Å². The molecule has 1 aromatic carbocycles. The molecular formula is C15H21Cl2FN2O2. The monoisotopic (exact) mass is 350 g/mol. The van der Waals surface area contributed by atoms with Gasteiger partial charge < -0.3 is 15.4 Å². The van der Waals surface area contributed by atoms with Crippen molar-refractivity contribution in [3.8, 4) is 0 Å². The van der Waals surface area contributed by atoms with Crippen LogP contribution in [0.25, 0.3) is 0 Å². The second-order valence-corrected chi connectivity index (χ2v) is 5.90. The van der Waals surface area contributed by atoms with Crippen molar-refractivity contribution in [3.63, 3.8) is 0 Å². The minimum absolute atomic E-state index is 0. The van der Waals surface area contributed by atoms with Crippen LogP contribution in [0.4, 0.5) is 4.39 Å². The summed E-state index contributed by atoms with van der Waals surface area (Å²) in [6, 6.07) is 4.19. The maximum atomic E-state index is 13.1. The van der Waals surface area contributed by atoms with Gasteiger partial charge in [0.1, 0.15) is 5.82 Å². The summed E-state index contributed by atoms with van der Waals surface area (Å²) >= 11 is 6.01. The largest absolute Gasteiger partial charge is 0.381 e. The van der Waals surface area contributed by atoms with E-state index in [-0.39, 0.29) is 24.1 Å². The number of nitrogens with zero attached hydrogens (tertiary/aromatic N) is 1. The molecule has 0 saturated carbocycles. The molecule has 0 spiro atoms. The van der Waals surface area contributed by atoms with Crippen molar-refractivity contribution in [2.75, 3.05) is 26.8 Å². The number of carbonyl (C=O) groups is 1. The van der Waals surface area contributed by atoms with E-state index in [0.29, 0.717) is 49.7 Å². The van der Waals surface area contributed by atoms with Crippen LogP contribution in [0.1, 0.15) is 18.4 Å². The maximum absolute atomic E-state index is 13.1. The lowest BCUT2D eigenvalue weighted by Gasteiger charge is -2.37. The summed E-state index contributed by atoms with van der Waals surface area (Å²) in [6.45, 7) is 1.74. The van der Waals surface area contributed by atoms with Gasteiger partial charge in [-0.2, -0.15) is 0 Å². The predicted octanol–water partition coefficient (Wildman–Crippen LogP) is 2.61. The summed E-state index contributed by atoms with van der Waals surface area (Å²) in [5, 5.41) is 0.323. The van der Waals surface area contributed by atoms with Crippen molar-refractivity contribution in [1.29, 1.82) is 0 Å². The Bertz CT molecular complexity index is 522. The fraction of sp³-hybridized carbons (Fsp3) is 0.533. The Kier molecular flexibility index (Phi) is 7.06. The quantitative estimate of drug-likeness (QED) is 0.907. The van der Waals surface area contributed by atoms with Crippen LogP contribution in [0.3, 0.4) is 0 Å². The van der Waals surface area contributed by atoms with Gasteiger partial charge in [0, 0.05) is 38.4 Å². The molecule has 2 rings (SSSR count). The molecule has 0 bridgehead atoms. The first-order chi connectivity index (χ1) is 9.98. The van der Waals surface area contributed by atoms with Gasteiger partial charge in [-0.05, 0) is 30.5 Å². The lowest BCUT2D eigenvalue weighted by Crippen LogP contribution is -2.49. The van der Waals surface area contributed by atoms with Gasteiger partial charge in [0.15, 0.2) is 0 Å². The van der Waals surface area contributed by atoms with Gasteiger partial charge in [-0.3, -0.25) is 4.79 Å². The number of nitrogens with two attached hydrogens (primary N) is 1. The molecular weight excluding hydrogens is 330 g/mol. The van der Waals surface area contributed by atoms with Gasteiger partial charge in [-0.1, -0.05) is 17.7 Å². The molecule has 1 aliphatic rings. The van der Waals surface area contributed by atoms with E-state index in [2.05, 4.69) is 0 Å². The first kappa shape index (κ1) is 19.2.